The Labute approximate surface area is 340 Å². The Balaban J connectivity index is 0.986. The fourth-order valence-electron chi connectivity index (χ4n) is 12.8. The topological polar surface area (TPSA) is 3.24 Å². The number of fused-ring (bicyclic) bond motifs is 5. The smallest absolute Gasteiger partial charge is 0.0464 e. The normalized spacial score (nSPS) is 23.8. The zero-order chi connectivity index (χ0) is 37.9. The van der Waals surface area contributed by atoms with E-state index in [0.29, 0.717) is 0 Å². The highest BCUT2D eigenvalue weighted by Crippen LogP contribution is 2.69. The van der Waals surface area contributed by atoms with E-state index in [1.54, 1.807) is 16.7 Å². The summed E-state index contributed by atoms with van der Waals surface area (Å²) in [6, 6.07) is 62.1. The van der Waals surface area contributed by atoms with E-state index in [9.17, 15) is 0 Å². The van der Waals surface area contributed by atoms with Crippen LogP contribution in [0.3, 0.4) is 0 Å². The van der Waals surface area contributed by atoms with E-state index >= 15 is 0 Å². The minimum absolute atomic E-state index is 0.103. The lowest BCUT2D eigenvalue weighted by Crippen LogP contribution is -2.58. The van der Waals surface area contributed by atoms with Gasteiger partial charge in [0.05, 0.1) is 0 Å². The molecular weight excluding hydrogens is 707 g/mol. The molecule has 1 aromatic heterocycles. The number of anilines is 3. The largest absolute Gasteiger partial charge is 0.310 e. The molecule has 0 N–H and O–H groups in total. The maximum Gasteiger partial charge on any atom is 0.0464 e. The molecule has 4 fully saturated rings. The molecule has 5 aliphatic rings. The van der Waals surface area contributed by atoms with Gasteiger partial charge in [0.15, 0.2) is 0 Å². The van der Waals surface area contributed by atoms with Gasteiger partial charge in [-0.1, -0.05) is 129 Å². The molecule has 57 heavy (non-hydrogen) atoms. The predicted octanol–water partition coefficient (Wildman–Crippen LogP) is 15.2. The second kappa shape index (κ2) is 12.5. The lowest BCUT2D eigenvalue weighted by molar-refractivity contribution is -0.0443. The van der Waals surface area contributed by atoms with Crippen LogP contribution in [0.15, 0.2) is 164 Å². The molecule has 13 rings (SSSR count). The third-order valence-electron chi connectivity index (χ3n) is 14.9. The van der Waals surface area contributed by atoms with Gasteiger partial charge in [0, 0.05) is 48.1 Å². The van der Waals surface area contributed by atoms with Gasteiger partial charge in [-0.2, -0.15) is 0 Å². The van der Waals surface area contributed by atoms with Gasteiger partial charge >= 0.3 is 0 Å². The zero-order valence-corrected chi connectivity index (χ0v) is 33.6. The van der Waals surface area contributed by atoms with Crippen molar-refractivity contribution in [2.75, 3.05) is 4.90 Å². The van der Waals surface area contributed by atoms with Crippen LogP contribution in [0.4, 0.5) is 17.1 Å². The highest BCUT2D eigenvalue weighted by molar-refractivity contribution is 7.25. The van der Waals surface area contributed by atoms with Crippen LogP contribution < -0.4 is 4.90 Å². The first-order valence-electron chi connectivity index (χ1n) is 21.2. The summed E-state index contributed by atoms with van der Waals surface area (Å²) in [6.07, 6.45) is 7.06. The van der Waals surface area contributed by atoms with Crippen LogP contribution >= 0.6 is 11.3 Å². The number of nitrogens with zero attached hydrogens (tertiary/aromatic N) is 1. The van der Waals surface area contributed by atoms with Crippen molar-refractivity contribution in [3.8, 4) is 22.3 Å². The summed E-state index contributed by atoms with van der Waals surface area (Å²) in [7, 11) is 0. The molecular formula is C55H47NS. The Morgan fingerprint density at radius 1 is 0.456 bits per heavy atom. The number of rotatable bonds is 5. The molecule has 0 saturated heterocycles. The summed E-state index contributed by atoms with van der Waals surface area (Å²) >= 11 is 1.88. The second-order valence-electron chi connectivity index (χ2n) is 18.1. The van der Waals surface area contributed by atoms with Crippen LogP contribution in [0.2, 0.25) is 0 Å². The van der Waals surface area contributed by atoms with Crippen molar-refractivity contribution in [3.05, 3.63) is 186 Å². The maximum absolute atomic E-state index is 2.58. The van der Waals surface area contributed by atoms with Crippen LogP contribution in [-0.4, -0.2) is 0 Å². The summed E-state index contributed by atoms with van der Waals surface area (Å²) in [4.78, 5) is 2.48. The van der Waals surface area contributed by atoms with Crippen molar-refractivity contribution in [1.82, 2.24) is 0 Å². The van der Waals surface area contributed by atoms with Gasteiger partial charge in [-0.05, 0) is 149 Å². The number of hydrogen-bond acceptors (Lipinski definition) is 2. The molecule has 0 atom stereocenters. The maximum atomic E-state index is 2.58. The standard InChI is InChI=1S/C55H47NS/c1-54(2)47-19-9-10-20-48(47)55(38-30-35-29-36(32-38)33-39(55)31-35)49-28-27-42(34-50(49)54)56(40-13-4-3-5-14-40)41-25-23-37(24-26-41)43-15-6-7-16-44(43)45-18-12-22-52-53(45)46-17-8-11-21-51(46)57-52/h3-28,34-36,38-39H,29-33H2,1-2H3/t35-,36+,38+,39-,55?. The van der Waals surface area contributed by atoms with Crippen LogP contribution in [0.5, 0.6) is 0 Å². The monoisotopic (exact) mass is 753 g/mol. The van der Waals surface area contributed by atoms with Crippen molar-refractivity contribution in [1.29, 1.82) is 0 Å². The van der Waals surface area contributed by atoms with Gasteiger partial charge in [0.25, 0.3) is 0 Å². The van der Waals surface area contributed by atoms with E-state index in [-0.39, 0.29) is 10.8 Å². The fourth-order valence-corrected chi connectivity index (χ4v) is 14.0. The van der Waals surface area contributed by atoms with Gasteiger partial charge in [-0.3, -0.25) is 0 Å². The molecule has 8 aromatic rings. The van der Waals surface area contributed by atoms with Crippen molar-refractivity contribution in [2.45, 2.75) is 56.8 Å². The van der Waals surface area contributed by atoms with Gasteiger partial charge in [-0.15, -0.1) is 11.3 Å². The van der Waals surface area contributed by atoms with Crippen molar-refractivity contribution >= 4 is 48.6 Å². The molecule has 278 valence electrons. The number of hydrogen-bond donors (Lipinski definition) is 0. The summed E-state index contributed by atoms with van der Waals surface area (Å²) in [5, 5.41) is 2.69. The van der Waals surface area contributed by atoms with E-state index in [4.69, 9.17) is 0 Å². The average Bonchev–Trinajstić information content (AvgIpc) is 3.64. The van der Waals surface area contributed by atoms with E-state index in [0.717, 1.165) is 23.7 Å². The zero-order valence-electron chi connectivity index (χ0n) is 32.8. The Morgan fingerprint density at radius 2 is 1.04 bits per heavy atom. The quantitative estimate of drug-likeness (QED) is 0.169. The highest BCUT2D eigenvalue weighted by Gasteiger charge is 2.62. The fraction of sp³-hybridized carbons (Fsp3) is 0.236. The first kappa shape index (κ1) is 33.7. The van der Waals surface area contributed by atoms with E-state index in [1.165, 1.54) is 97.2 Å². The van der Waals surface area contributed by atoms with Gasteiger partial charge in [0.1, 0.15) is 0 Å². The van der Waals surface area contributed by atoms with Crippen LogP contribution in [0, 0.1) is 23.7 Å². The lowest BCUT2D eigenvalue weighted by Gasteiger charge is -2.64. The molecule has 2 heteroatoms. The molecule has 0 radical (unpaired) electrons. The van der Waals surface area contributed by atoms with Crippen molar-refractivity contribution in [3.63, 3.8) is 0 Å². The first-order valence-corrected chi connectivity index (χ1v) is 22.0. The molecule has 0 aliphatic heterocycles. The Kier molecular flexibility index (Phi) is 7.40. The Bertz CT molecular complexity index is 2810. The lowest BCUT2D eigenvalue weighted by atomic mass is 9.39. The third kappa shape index (κ3) is 4.86. The van der Waals surface area contributed by atoms with Crippen molar-refractivity contribution in [2.24, 2.45) is 23.7 Å². The molecule has 5 aliphatic carbocycles. The van der Waals surface area contributed by atoms with Crippen LogP contribution in [0.25, 0.3) is 42.4 Å². The molecule has 4 saturated carbocycles. The van der Waals surface area contributed by atoms with Gasteiger partial charge < -0.3 is 4.90 Å². The molecule has 0 unspecified atom stereocenters. The summed E-state index contributed by atoms with van der Waals surface area (Å²) in [5.41, 5.74) is 15.0. The Morgan fingerprint density at radius 3 is 1.81 bits per heavy atom. The minimum atomic E-state index is -0.103. The number of benzene rings is 7. The number of thiophene rings is 1. The van der Waals surface area contributed by atoms with E-state index < -0.39 is 0 Å². The molecule has 1 nitrogen and oxygen atoms in total. The molecule has 0 amide bonds. The summed E-state index contributed by atoms with van der Waals surface area (Å²) < 4.78 is 2.68. The summed E-state index contributed by atoms with van der Waals surface area (Å²) in [5.74, 6) is 3.33. The van der Waals surface area contributed by atoms with Crippen LogP contribution in [0.1, 0.15) is 68.2 Å². The van der Waals surface area contributed by atoms with Crippen LogP contribution in [-0.2, 0) is 10.8 Å². The van der Waals surface area contributed by atoms with E-state index in [2.05, 4.69) is 183 Å². The molecule has 4 bridgehead atoms. The van der Waals surface area contributed by atoms with Gasteiger partial charge in [-0.25, -0.2) is 0 Å². The highest BCUT2D eigenvalue weighted by atomic mass is 32.1. The van der Waals surface area contributed by atoms with Crippen molar-refractivity contribution < 1.29 is 0 Å². The number of para-hydroxylation sites is 1. The van der Waals surface area contributed by atoms with E-state index in [1.807, 2.05) is 11.3 Å². The Hall–Kier alpha value is -5.44. The first-order chi connectivity index (χ1) is 28.0. The summed E-state index contributed by atoms with van der Waals surface area (Å²) in [6.45, 7) is 4.96. The average molecular weight is 754 g/mol. The third-order valence-corrected chi connectivity index (χ3v) is 16.1. The molecule has 7 aromatic carbocycles. The molecule has 1 heterocycles. The predicted molar refractivity (Wildman–Crippen MR) is 241 cm³/mol. The molecule has 1 spiro atoms. The SMILES string of the molecule is CC1(C)c2ccccc2C2(c3ccc(N(c4ccccc4)c4ccc(-c5ccccc5-c5cccc6sc7ccccc7c56)cc4)cc31)[C@H]1C[C@H]3C[C@H](C[C@H]2C3)C1. The van der Waals surface area contributed by atoms with Gasteiger partial charge in [0.2, 0.25) is 0 Å². The minimum Gasteiger partial charge on any atom is -0.310 e. The second-order valence-corrected chi connectivity index (χ2v) is 19.2.